The Morgan fingerprint density at radius 2 is 0.702 bits per heavy atom. The lowest BCUT2D eigenvalue weighted by molar-refractivity contribution is 0.00578. The van der Waals surface area contributed by atoms with Crippen molar-refractivity contribution in [3.05, 3.63) is 101 Å². The molecule has 236 valence electrons. The maximum Gasteiger partial charge on any atom is 0.494 e. The standard InChI is InChI=1S/C38H33BO2S6/c1-22-7-9-29(42-22)31-15-17-35(46-31)33-13-11-27(44-33)24-19-25(21-26(20-24)39-40-37(3,4)38(5,6)41-39)28-12-14-34(45-28)36-18-16-32(47-36)30-10-8-23(2)43-30/h7-21H,1-6H3. The van der Waals surface area contributed by atoms with Crippen LogP contribution in [0.25, 0.3) is 59.9 Å². The fraction of sp³-hybridized carbons (Fsp3) is 0.211. The van der Waals surface area contributed by atoms with Crippen LogP contribution >= 0.6 is 68.0 Å². The quantitative estimate of drug-likeness (QED) is 0.152. The lowest BCUT2D eigenvalue weighted by Gasteiger charge is -2.32. The molecule has 9 heteroatoms. The van der Waals surface area contributed by atoms with E-state index in [1.807, 2.05) is 68.0 Å². The second-order valence-corrected chi connectivity index (χ2v) is 19.8. The first kappa shape index (κ1) is 31.7. The van der Waals surface area contributed by atoms with Crippen LogP contribution in [0.4, 0.5) is 0 Å². The van der Waals surface area contributed by atoms with Crippen molar-refractivity contribution in [3.8, 4) is 59.9 Å². The van der Waals surface area contributed by atoms with Gasteiger partial charge in [-0.3, -0.25) is 0 Å². The first-order valence-electron chi connectivity index (χ1n) is 15.6. The molecule has 1 aliphatic rings. The molecule has 0 amide bonds. The number of hydrogen-bond acceptors (Lipinski definition) is 8. The number of rotatable bonds is 7. The molecule has 0 bridgehead atoms. The van der Waals surface area contributed by atoms with Gasteiger partial charge < -0.3 is 9.31 Å². The van der Waals surface area contributed by atoms with Crippen LogP contribution in [0.15, 0.2) is 91.0 Å². The zero-order chi connectivity index (χ0) is 32.5. The summed E-state index contributed by atoms with van der Waals surface area (Å²) in [6.45, 7) is 12.8. The molecule has 0 saturated carbocycles. The Balaban J connectivity index is 1.15. The van der Waals surface area contributed by atoms with E-state index in [0.29, 0.717) is 0 Å². The van der Waals surface area contributed by atoms with Crippen molar-refractivity contribution in [1.29, 1.82) is 0 Å². The van der Waals surface area contributed by atoms with E-state index in [-0.39, 0.29) is 0 Å². The smallest absolute Gasteiger partial charge is 0.399 e. The lowest BCUT2D eigenvalue weighted by atomic mass is 9.77. The summed E-state index contributed by atoms with van der Waals surface area (Å²) in [5.74, 6) is 0. The van der Waals surface area contributed by atoms with Gasteiger partial charge in [0, 0.05) is 58.5 Å². The van der Waals surface area contributed by atoms with Gasteiger partial charge in [0.2, 0.25) is 0 Å². The van der Waals surface area contributed by atoms with Crippen molar-refractivity contribution in [2.75, 3.05) is 0 Å². The highest BCUT2D eigenvalue weighted by Gasteiger charge is 2.51. The minimum absolute atomic E-state index is 0.407. The summed E-state index contributed by atoms with van der Waals surface area (Å²) in [6, 6.07) is 33.8. The molecule has 1 aromatic carbocycles. The molecule has 7 heterocycles. The van der Waals surface area contributed by atoms with Crippen LogP contribution in [0, 0.1) is 13.8 Å². The van der Waals surface area contributed by atoms with E-state index in [9.17, 15) is 0 Å². The summed E-state index contributed by atoms with van der Waals surface area (Å²) < 4.78 is 13.1. The Morgan fingerprint density at radius 3 is 1.04 bits per heavy atom. The molecule has 0 atom stereocenters. The fourth-order valence-corrected chi connectivity index (χ4v) is 11.7. The van der Waals surface area contributed by atoms with Crippen LogP contribution in [0.2, 0.25) is 0 Å². The van der Waals surface area contributed by atoms with Gasteiger partial charge in [0.25, 0.3) is 0 Å². The molecule has 0 spiro atoms. The van der Waals surface area contributed by atoms with Crippen LogP contribution in [0.1, 0.15) is 37.4 Å². The second-order valence-electron chi connectivity index (χ2n) is 12.9. The monoisotopic (exact) mass is 724 g/mol. The van der Waals surface area contributed by atoms with E-state index >= 15 is 0 Å². The maximum absolute atomic E-state index is 6.56. The second kappa shape index (κ2) is 12.1. The molecule has 8 rings (SSSR count). The zero-order valence-corrected chi connectivity index (χ0v) is 31.9. The normalized spacial score (nSPS) is 15.6. The Kier molecular flexibility index (Phi) is 8.13. The van der Waals surface area contributed by atoms with Gasteiger partial charge in [0.15, 0.2) is 0 Å². The average molecular weight is 725 g/mol. The number of aryl methyl sites for hydroxylation is 2. The third-order valence-corrected chi connectivity index (χ3v) is 16.1. The summed E-state index contributed by atoms with van der Waals surface area (Å²) >= 11 is 11.2. The van der Waals surface area contributed by atoms with Gasteiger partial charge in [-0.2, -0.15) is 0 Å². The highest BCUT2D eigenvalue weighted by atomic mass is 32.1. The topological polar surface area (TPSA) is 18.5 Å². The van der Waals surface area contributed by atoms with Crippen LogP contribution in [0.5, 0.6) is 0 Å². The fourth-order valence-electron chi connectivity index (χ4n) is 5.64. The van der Waals surface area contributed by atoms with Gasteiger partial charge in [-0.05, 0) is 137 Å². The Labute approximate surface area is 301 Å². The highest BCUT2D eigenvalue weighted by Crippen LogP contribution is 2.45. The molecular formula is C38H33BO2S6. The molecule has 7 aromatic rings. The van der Waals surface area contributed by atoms with E-state index in [1.165, 1.54) is 69.7 Å². The molecule has 0 N–H and O–H groups in total. The van der Waals surface area contributed by atoms with Gasteiger partial charge in [0.1, 0.15) is 0 Å². The van der Waals surface area contributed by atoms with Crippen molar-refractivity contribution < 1.29 is 9.31 Å². The summed E-state index contributed by atoms with van der Waals surface area (Å²) in [6.07, 6.45) is 0. The molecular weight excluding hydrogens is 692 g/mol. The molecule has 1 fully saturated rings. The van der Waals surface area contributed by atoms with Crippen molar-refractivity contribution in [1.82, 2.24) is 0 Å². The summed E-state index contributed by atoms with van der Waals surface area (Å²) in [4.78, 5) is 15.7. The Morgan fingerprint density at radius 1 is 0.404 bits per heavy atom. The molecule has 0 unspecified atom stereocenters. The molecule has 47 heavy (non-hydrogen) atoms. The third kappa shape index (κ3) is 6.10. The van der Waals surface area contributed by atoms with Gasteiger partial charge in [-0.25, -0.2) is 0 Å². The predicted octanol–water partition coefficient (Wildman–Crippen LogP) is 13.0. The van der Waals surface area contributed by atoms with Gasteiger partial charge in [0.05, 0.1) is 11.2 Å². The van der Waals surface area contributed by atoms with Gasteiger partial charge in [-0.1, -0.05) is 12.1 Å². The molecule has 1 aliphatic heterocycles. The Hall–Kier alpha value is -2.60. The molecule has 6 aromatic heterocycles. The van der Waals surface area contributed by atoms with Crippen molar-refractivity contribution in [2.24, 2.45) is 0 Å². The van der Waals surface area contributed by atoms with E-state index in [2.05, 4.69) is 133 Å². The van der Waals surface area contributed by atoms with Crippen molar-refractivity contribution in [3.63, 3.8) is 0 Å². The SMILES string of the molecule is Cc1ccc(-c2ccc(-c3ccc(-c4cc(B5OC(C)(C)C(C)(C)O5)cc(-c5ccc(-c6ccc(-c7ccc(C)s7)s6)s5)c4)s3)s2)s1. The van der Waals surface area contributed by atoms with E-state index in [0.717, 1.165) is 5.46 Å². The maximum atomic E-state index is 6.56. The largest absolute Gasteiger partial charge is 0.494 e. The molecule has 2 nitrogen and oxygen atoms in total. The van der Waals surface area contributed by atoms with Crippen molar-refractivity contribution >= 4 is 80.6 Å². The van der Waals surface area contributed by atoms with E-state index in [4.69, 9.17) is 9.31 Å². The third-order valence-electron chi connectivity index (χ3n) is 8.93. The van der Waals surface area contributed by atoms with Crippen LogP contribution in [-0.4, -0.2) is 18.3 Å². The molecule has 1 saturated heterocycles. The first-order valence-corrected chi connectivity index (χ1v) is 20.5. The minimum atomic E-state index is -0.430. The van der Waals surface area contributed by atoms with Gasteiger partial charge in [-0.15, -0.1) is 68.0 Å². The summed E-state index contributed by atoms with van der Waals surface area (Å²) in [7, 11) is -0.430. The summed E-state index contributed by atoms with van der Waals surface area (Å²) in [5.41, 5.74) is 2.62. The van der Waals surface area contributed by atoms with Gasteiger partial charge >= 0.3 is 7.12 Å². The van der Waals surface area contributed by atoms with Crippen LogP contribution in [0.3, 0.4) is 0 Å². The van der Waals surface area contributed by atoms with Crippen LogP contribution in [-0.2, 0) is 9.31 Å². The first-order chi connectivity index (χ1) is 22.5. The van der Waals surface area contributed by atoms with Crippen LogP contribution < -0.4 is 5.46 Å². The highest BCUT2D eigenvalue weighted by molar-refractivity contribution is 7.28. The number of thiophene rings is 6. The number of benzene rings is 1. The minimum Gasteiger partial charge on any atom is -0.399 e. The van der Waals surface area contributed by atoms with Crippen molar-refractivity contribution in [2.45, 2.75) is 52.7 Å². The zero-order valence-electron chi connectivity index (χ0n) is 27.0. The Bertz CT molecular complexity index is 2060. The number of hydrogen-bond donors (Lipinski definition) is 0. The van der Waals surface area contributed by atoms with E-state index in [1.54, 1.807) is 0 Å². The van der Waals surface area contributed by atoms with E-state index < -0.39 is 18.3 Å². The summed E-state index contributed by atoms with van der Waals surface area (Å²) in [5, 5.41) is 0. The lowest BCUT2D eigenvalue weighted by Crippen LogP contribution is -2.41. The molecule has 0 radical (unpaired) electrons. The predicted molar refractivity (Wildman–Crippen MR) is 212 cm³/mol. The average Bonchev–Trinajstić information content (AvgIpc) is 3.86. The molecule has 0 aliphatic carbocycles.